The van der Waals surface area contributed by atoms with Crippen LogP contribution in [0.2, 0.25) is 0 Å². The number of carbonyl (C=O) groups excluding carboxylic acids is 3. The summed E-state index contributed by atoms with van der Waals surface area (Å²) in [4.78, 5) is 35.3. The Morgan fingerprint density at radius 2 is 1.53 bits per heavy atom. The first kappa shape index (κ1) is 23.1. The van der Waals surface area contributed by atoms with Crippen LogP contribution in [-0.2, 0) is 14.4 Å². The zero-order chi connectivity index (χ0) is 22.3. The second-order valence-corrected chi connectivity index (χ2v) is 10.8. The largest absolute Gasteiger partial charge is 0.550 e. The van der Waals surface area contributed by atoms with Gasteiger partial charge in [0.25, 0.3) is 0 Å². The van der Waals surface area contributed by atoms with Crippen molar-refractivity contribution in [2.75, 3.05) is 0 Å². The molecule has 0 heterocycles. The second-order valence-electron chi connectivity index (χ2n) is 10.8. The summed E-state index contributed by atoms with van der Waals surface area (Å²) in [5.41, 5.74) is -0.767. The van der Waals surface area contributed by atoms with Crippen molar-refractivity contribution in [1.82, 2.24) is 0 Å². The quantitative estimate of drug-likeness (QED) is 0.605. The van der Waals surface area contributed by atoms with E-state index in [9.17, 15) is 29.7 Å². The molecule has 0 aliphatic heterocycles. The number of hydrogen-bond donors (Lipinski definition) is 0. The molecular weight excluding hydrogens is 384 g/mol. The lowest BCUT2D eigenvalue weighted by Crippen LogP contribution is -2.57. The van der Waals surface area contributed by atoms with E-state index in [1.54, 1.807) is 0 Å². The van der Waals surface area contributed by atoms with Crippen molar-refractivity contribution in [2.45, 2.75) is 85.0 Å². The summed E-state index contributed by atoms with van der Waals surface area (Å²) < 4.78 is 0. The van der Waals surface area contributed by atoms with Crippen LogP contribution in [0.3, 0.4) is 0 Å². The maximum atomic E-state index is 12.4. The first-order chi connectivity index (χ1) is 14.0. The maximum absolute atomic E-state index is 12.4. The van der Waals surface area contributed by atoms with Crippen LogP contribution in [0, 0.1) is 46.3 Å². The Morgan fingerprint density at radius 3 is 2.13 bits per heavy atom. The van der Waals surface area contributed by atoms with E-state index >= 15 is 0 Å². The molecule has 3 rings (SSSR count). The molecule has 30 heavy (non-hydrogen) atoms. The van der Waals surface area contributed by atoms with E-state index in [4.69, 9.17) is 0 Å². The van der Waals surface area contributed by atoms with Crippen LogP contribution >= 0.6 is 0 Å². The number of rotatable bonds is 7. The molecule has 0 unspecified atom stereocenters. The molecular formula is C24H35O6-3. The highest BCUT2D eigenvalue weighted by Crippen LogP contribution is 2.65. The number of aliphatic carboxylic acids is 3. The molecule has 3 aliphatic carbocycles. The van der Waals surface area contributed by atoms with Crippen molar-refractivity contribution < 1.29 is 29.7 Å². The minimum Gasteiger partial charge on any atom is -0.550 e. The lowest BCUT2D eigenvalue weighted by Gasteiger charge is -2.57. The number of carbonyl (C=O) groups is 3. The summed E-state index contributed by atoms with van der Waals surface area (Å²) in [5, 5.41) is 35.3. The Labute approximate surface area is 179 Å². The highest BCUT2D eigenvalue weighted by atomic mass is 16.4. The minimum atomic E-state index is -1.05. The third kappa shape index (κ3) is 3.87. The highest BCUT2D eigenvalue weighted by Gasteiger charge is 2.59. The van der Waals surface area contributed by atoms with Crippen LogP contribution < -0.4 is 15.3 Å². The third-order valence-corrected chi connectivity index (χ3v) is 9.49. The van der Waals surface area contributed by atoms with Crippen LogP contribution in [0.4, 0.5) is 0 Å². The van der Waals surface area contributed by atoms with E-state index in [1.807, 2.05) is 6.92 Å². The van der Waals surface area contributed by atoms with E-state index in [0.29, 0.717) is 19.3 Å². The number of fused-ring (bicyclic) bond motifs is 1. The molecule has 0 aromatic rings. The molecule has 3 aliphatic rings. The molecule has 0 saturated heterocycles. The zero-order valence-electron chi connectivity index (χ0n) is 18.5. The molecule has 0 N–H and O–H groups in total. The van der Waals surface area contributed by atoms with Gasteiger partial charge in [0.05, 0.1) is 0 Å². The standard InChI is InChI=1S/C24H38O6/c1-14(7-10-19(25)26)15-8-9-16-20(22(29)30)17(11-13-24(15,16)3)23(2)12-5-4-6-18(23)21(27)28/h14-18,20H,4-13H2,1-3H3,(H,25,26)(H,27,28)(H,29,30)/p-3/t14-,15+,16-,17-,18-,20+,23+,24+/m0/s1. The summed E-state index contributed by atoms with van der Waals surface area (Å²) in [6.07, 6.45) is 6.78. The van der Waals surface area contributed by atoms with Gasteiger partial charge < -0.3 is 29.7 Å². The Balaban J connectivity index is 1.88. The van der Waals surface area contributed by atoms with E-state index in [-0.39, 0.29) is 35.5 Å². The smallest absolute Gasteiger partial charge is 0.0451 e. The summed E-state index contributed by atoms with van der Waals surface area (Å²) in [5.74, 6) is -4.26. The maximum Gasteiger partial charge on any atom is 0.0451 e. The SMILES string of the molecule is C[C@@H](CCC(=O)[O-])[C@H]1CC[C@H]2[C@@H](C(=O)[O-])[C@@H]([C@@]3(C)CCCC[C@H]3C(=O)[O-])CC[C@]12C. The monoisotopic (exact) mass is 419 g/mol. The molecule has 3 fully saturated rings. The van der Waals surface area contributed by atoms with E-state index in [0.717, 1.165) is 38.5 Å². The molecule has 0 radical (unpaired) electrons. The zero-order valence-corrected chi connectivity index (χ0v) is 18.5. The van der Waals surface area contributed by atoms with Gasteiger partial charge in [-0.2, -0.15) is 0 Å². The molecule has 0 bridgehead atoms. The Kier molecular flexibility index (Phi) is 6.54. The summed E-state index contributed by atoms with van der Waals surface area (Å²) in [6.45, 7) is 6.19. The van der Waals surface area contributed by atoms with Crippen molar-refractivity contribution in [3.8, 4) is 0 Å². The Hall–Kier alpha value is -1.59. The number of carboxylic acids is 3. The van der Waals surface area contributed by atoms with Gasteiger partial charge in [-0.15, -0.1) is 0 Å². The van der Waals surface area contributed by atoms with Crippen molar-refractivity contribution in [3.05, 3.63) is 0 Å². The van der Waals surface area contributed by atoms with Crippen molar-refractivity contribution in [1.29, 1.82) is 0 Å². The van der Waals surface area contributed by atoms with Crippen LogP contribution in [-0.4, -0.2) is 17.9 Å². The van der Waals surface area contributed by atoms with Crippen molar-refractivity contribution >= 4 is 17.9 Å². The topological polar surface area (TPSA) is 120 Å². The number of hydrogen-bond acceptors (Lipinski definition) is 6. The molecule has 6 nitrogen and oxygen atoms in total. The van der Waals surface area contributed by atoms with E-state index < -0.39 is 35.2 Å². The average Bonchev–Trinajstić information content (AvgIpc) is 3.02. The van der Waals surface area contributed by atoms with Gasteiger partial charge in [-0.3, -0.25) is 0 Å². The van der Waals surface area contributed by atoms with Crippen LogP contribution in [0.1, 0.15) is 85.0 Å². The number of carboxylic acid groups (broad SMARTS) is 3. The van der Waals surface area contributed by atoms with Crippen LogP contribution in [0.15, 0.2) is 0 Å². The fourth-order valence-electron chi connectivity index (χ4n) is 7.92. The lowest BCUT2D eigenvalue weighted by atomic mass is 9.48. The van der Waals surface area contributed by atoms with Gasteiger partial charge in [0.15, 0.2) is 0 Å². The Morgan fingerprint density at radius 1 is 0.867 bits per heavy atom. The van der Waals surface area contributed by atoms with E-state index in [1.165, 1.54) is 0 Å². The fourth-order valence-corrected chi connectivity index (χ4v) is 7.92. The van der Waals surface area contributed by atoms with Crippen LogP contribution in [0.5, 0.6) is 0 Å². The highest BCUT2D eigenvalue weighted by molar-refractivity contribution is 5.71. The minimum absolute atomic E-state index is 0.0241. The summed E-state index contributed by atoms with van der Waals surface area (Å²) >= 11 is 0. The van der Waals surface area contributed by atoms with Crippen molar-refractivity contribution in [3.63, 3.8) is 0 Å². The predicted molar refractivity (Wildman–Crippen MR) is 104 cm³/mol. The molecule has 6 heteroatoms. The summed E-state index contributed by atoms with van der Waals surface area (Å²) in [6, 6.07) is 0. The van der Waals surface area contributed by atoms with Gasteiger partial charge in [-0.1, -0.05) is 33.6 Å². The van der Waals surface area contributed by atoms with E-state index in [2.05, 4.69) is 13.8 Å². The molecule has 3 saturated carbocycles. The first-order valence-corrected chi connectivity index (χ1v) is 11.6. The molecule has 8 atom stereocenters. The van der Waals surface area contributed by atoms with Gasteiger partial charge in [-0.05, 0) is 85.9 Å². The van der Waals surface area contributed by atoms with Gasteiger partial charge in [0.1, 0.15) is 0 Å². The molecule has 170 valence electrons. The molecule has 0 amide bonds. The fraction of sp³-hybridized carbons (Fsp3) is 0.875. The van der Waals surface area contributed by atoms with Gasteiger partial charge in [-0.25, -0.2) is 0 Å². The van der Waals surface area contributed by atoms with Gasteiger partial charge in [0, 0.05) is 29.7 Å². The van der Waals surface area contributed by atoms with Gasteiger partial charge in [0.2, 0.25) is 0 Å². The second kappa shape index (κ2) is 8.51. The third-order valence-electron chi connectivity index (χ3n) is 9.49. The first-order valence-electron chi connectivity index (χ1n) is 11.6. The summed E-state index contributed by atoms with van der Waals surface area (Å²) in [7, 11) is 0. The average molecular weight is 420 g/mol. The molecule has 0 aromatic carbocycles. The van der Waals surface area contributed by atoms with Gasteiger partial charge >= 0.3 is 0 Å². The van der Waals surface area contributed by atoms with Crippen molar-refractivity contribution in [2.24, 2.45) is 46.3 Å². The van der Waals surface area contributed by atoms with Crippen LogP contribution in [0.25, 0.3) is 0 Å². The Bertz CT molecular complexity index is 689. The molecule has 0 aromatic heterocycles. The lowest BCUT2D eigenvalue weighted by molar-refractivity contribution is -0.327. The molecule has 0 spiro atoms. The predicted octanol–water partition coefficient (Wildman–Crippen LogP) is 0.908. The normalized spacial score (nSPS) is 42.3.